The molecule has 0 bridgehead atoms. The molecule has 1 N–H and O–H groups in total. The number of aryl methyl sites for hydroxylation is 2. The van der Waals surface area contributed by atoms with E-state index in [0.29, 0.717) is 12.2 Å². The fraction of sp³-hybridized carbons (Fsp3) is 0.455. The van der Waals surface area contributed by atoms with Crippen molar-refractivity contribution in [3.8, 4) is 0 Å². The third-order valence-corrected chi connectivity index (χ3v) is 2.74. The predicted molar refractivity (Wildman–Crippen MR) is 59.8 cm³/mol. The smallest absolute Gasteiger partial charge is 0.153 e. The van der Waals surface area contributed by atoms with Gasteiger partial charge in [-0.05, 0) is 24.0 Å². The van der Waals surface area contributed by atoms with Gasteiger partial charge >= 0.3 is 0 Å². The van der Waals surface area contributed by atoms with Gasteiger partial charge < -0.3 is 4.55 Å². The monoisotopic (exact) mass is 212 g/mol. The minimum absolute atomic E-state index is 0.334. The minimum atomic E-state index is -1.68. The van der Waals surface area contributed by atoms with Crippen LogP contribution in [0.5, 0.6) is 0 Å². The van der Waals surface area contributed by atoms with Crippen LogP contribution in [0.15, 0.2) is 24.3 Å². The van der Waals surface area contributed by atoms with E-state index in [1.807, 2.05) is 18.2 Å². The summed E-state index contributed by atoms with van der Waals surface area (Å²) in [5.74, 6) is 0.334. The molecule has 0 fully saturated rings. The Morgan fingerprint density at radius 1 is 1.21 bits per heavy atom. The summed E-state index contributed by atoms with van der Waals surface area (Å²) in [5.41, 5.74) is 2.51. The van der Waals surface area contributed by atoms with E-state index in [1.54, 1.807) is 0 Å². The van der Waals surface area contributed by atoms with Crippen molar-refractivity contribution in [2.45, 2.75) is 26.2 Å². The summed E-state index contributed by atoms with van der Waals surface area (Å²) < 4.78 is 19.3. The maximum atomic E-state index is 10.6. The summed E-state index contributed by atoms with van der Waals surface area (Å²) in [6, 6.07) is 8.14. The molecule has 0 radical (unpaired) electrons. The Bertz CT molecular complexity index is 310. The standard InChI is InChI=1S/C11H16O2S/c1-2-5-10-6-3-4-7-11(10)8-9-14(12)13/h3-4,6-7H,2,5,8-9H2,1H3,(H,12,13). The second-order valence-electron chi connectivity index (χ2n) is 3.29. The van der Waals surface area contributed by atoms with Gasteiger partial charge in [0.05, 0.1) is 5.75 Å². The first-order chi connectivity index (χ1) is 6.74. The van der Waals surface area contributed by atoms with Crippen LogP contribution >= 0.6 is 0 Å². The molecular formula is C11H16O2S. The lowest BCUT2D eigenvalue weighted by molar-refractivity contribution is 0.563. The molecule has 1 unspecified atom stereocenters. The van der Waals surface area contributed by atoms with Crippen molar-refractivity contribution < 1.29 is 8.76 Å². The average molecular weight is 212 g/mol. The van der Waals surface area contributed by atoms with E-state index in [0.717, 1.165) is 12.8 Å². The fourth-order valence-corrected chi connectivity index (χ4v) is 1.91. The largest absolute Gasteiger partial charge is 0.306 e. The highest BCUT2D eigenvalue weighted by atomic mass is 32.2. The quantitative estimate of drug-likeness (QED) is 0.761. The molecule has 78 valence electrons. The summed E-state index contributed by atoms with van der Waals surface area (Å²) in [4.78, 5) is 0. The predicted octanol–water partition coefficient (Wildman–Crippen LogP) is 2.40. The molecule has 1 atom stereocenters. The van der Waals surface area contributed by atoms with Gasteiger partial charge in [0.2, 0.25) is 0 Å². The van der Waals surface area contributed by atoms with Gasteiger partial charge in [-0.15, -0.1) is 0 Å². The van der Waals surface area contributed by atoms with Gasteiger partial charge in [-0.25, -0.2) is 4.21 Å². The van der Waals surface area contributed by atoms with Crippen molar-refractivity contribution in [1.82, 2.24) is 0 Å². The molecule has 0 aliphatic rings. The molecule has 0 saturated carbocycles. The lowest BCUT2D eigenvalue weighted by Gasteiger charge is -2.06. The van der Waals surface area contributed by atoms with Crippen molar-refractivity contribution in [2.75, 3.05) is 5.75 Å². The zero-order chi connectivity index (χ0) is 10.4. The van der Waals surface area contributed by atoms with Crippen LogP contribution in [0, 0.1) is 0 Å². The molecule has 0 saturated heterocycles. The number of rotatable bonds is 5. The van der Waals surface area contributed by atoms with Crippen LogP contribution in [-0.2, 0) is 23.9 Å². The van der Waals surface area contributed by atoms with Crippen LogP contribution in [0.3, 0.4) is 0 Å². The van der Waals surface area contributed by atoms with Gasteiger partial charge in [-0.3, -0.25) is 0 Å². The first-order valence-corrected chi connectivity index (χ1v) is 6.16. The van der Waals surface area contributed by atoms with Gasteiger partial charge in [0, 0.05) is 0 Å². The van der Waals surface area contributed by atoms with Crippen LogP contribution in [0.4, 0.5) is 0 Å². The second kappa shape index (κ2) is 5.94. The van der Waals surface area contributed by atoms with Crippen LogP contribution in [0.25, 0.3) is 0 Å². The van der Waals surface area contributed by atoms with Crippen LogP contribution < -0.4 is 0 Å². The fourth-order valence-electron chi connectivity index (χ4n) is 1.51. The highest BCUT2D eigenvalue weighted by Crippen LogP contribution is 2.11. The number of benzene rings is 1. The van der Waals surface area contributed by atoms with Gasteiger partial charge in [-0.2, -0.15) is 0 Å². The highest BCUT2D eigenvalue weighted by Gasteiger charge is 2.02. The Balaban J connectivity index is 2.68. The summed E-state index contributed by atoms with van der Waals surface area (Å²) in [7, 11) is 0. The first kappa shape index (κ1) is 11.4. The van der Waals surface area contributed by atoms with E-state index in [2.05, 4.69) is 13.0 Å². The third-order valence-electron chi connectivity index (χ3n) is 2.18. The maximum Gasteiger partial charge on any atom is 0.153 e. The Morgan fingerprint density at radius 3 is 2.29 bits per heavy atom. The molecule has 0 aromatic heterocycles. The highest BCUT2D eigenvalue weighted by molar-refractivity contribution is 7.79. The topological polar surface area (TPSA) is 37.3 Å². The molecule has 2 nitrogen and oxygen atoms in total. The molecule has 0 amide bonds. The molecule has 0 spiro atoms. The van der Waals surface area contributed by atoms with Crippen molar-refractivity contribution >= 4 is 11.1 Å². The van der Waals surface area contributed by atoms with E-state index in [4.69, 9.17) is 4.55 Å². The number of hydrogen-bond donors (Lipinski definition) is 1. The van der Waals surface area contributed by atoms with E-state index >= 15 is 0 Å². The first-order valence-electron chi connectivity index (χ1n) is 4.88. The lowest BCUT2D eigenvalue weighted by atomic mass is 10.0. The van der Waals surface area contributed by atoms with Crippen molar-refractivity contribution in [1.29, 1.82) is 0 Å². The van der Waals surface area contributed by atoms with Crippen LogP contribution in [-0.4, -0.2) is 14.5 Å². The van der Waals surface area contributed by atoms with E-state index in [9.17, 15) is 4.21 Å². The minimum Gasteiger partial charge on any atom is -0.306 e. The van der Waals surface area contributed by atoms with E-state index < -0.39 is 11.1 Å². The Morgan fingerprint density at radius 2 is 1.79 bits per heavy atom. The maximum absolute atomic E-state index is 10.6. The van der Waals surface area contributed by atoms with Crippen molar-refractivity contribution in [3.63, 3.8) is 0 Å². The molecule has 1 rings (SSSR count). The summed E-state index contributed by atoms with van der Waals surface area (Å²) in [6.07, 6.45) is 2.85. The van der Waals surface area contributed by atoms with Gasteiger partial charge in [0.15, 0.2) is 11.1 Å². The third kappa shape index (κ3) is 3.60. The van der Waals surface area contributed by atoms with E-state index in [-0.39, 0.29) is 0 Å². The Kier molecular flexibility index (Phi) is 4.84. The van der Waals surface area contributed by atoms with Crippen molar-refractivity contribution in [2.24, 2.45) is 0 Å². The Hall–Kier alpha value is -0.670. The number of hydrogen-bond acceptors (Lipinski definition) is 1. The molecule has 0 aliphatic carbocycles. The molecule has 3 heteroatoms. The summed E-state index contributed by atoms with van der Waals surface area (Å²) in [5, 5.41) is 0. The average Bonchev–Trinajstić information content (AvgIpc) is 2.17. The zero-order valence-electron chi connectivity index (χ0n) is 8.40. The Labute approximate surface area is 87.6 Å². The molecular weight excluding hydrogens is 196 g/mol. The molecule has 1 aromatic rings. The zero-order valence-corrected chi connectivity index (χ0v) is 9.22. The van der Waals surface area contributed by atoms with Crippen LogP contribution in [0.2, 0.25) is 0 Å². The normalized spacial score (nSPS) is 12.7. The van der Waals surface area contributed by atoms with Gasteiger partial charge in [0.1, 0.15) is 0 Å². The molecule has 14 heavy (non-hydrogen) atoms. The molecule has 1 aromatic carbocycles. The van der Waals surface area contributed by atoms with Crippen molar-refractivity contribution in [3.05, 3.63) is 35.4 Å². The SMILES string of the molecule is CCCc1ccccc1CCS(=O)O. The second-order valence-corrected chi connectivity index (χ2v) is 4.35. The summed E-state index contributed by atoms with van der Waals surface area (Å²) in [6.45, 7) is 2.14. The molecule has 0 heterocycles. The van der Waals surface area contributed by atoms with Gasteiger partial charge in [-0.1, -0.05) is 37.6 Å². The van der Waals surface area contributed by atoms with E-state index in [1.165, 1.54) is 11.1 Å². The summed E-state index contributed by atoms with van der Waals surface area (Å²) >= 11 is -1.68. The molecule has 0 aliphatic heterocycles. The van der Waals surface area contributed by atoms with Crippen LogP contribution in [0.1, 0.15) is 24.5 Å². The lowest BCUT2D eigenvalue weighted by Crippen LogP contribution is -2.02. The van der Waals surface area contributed by atoms with Gasteiger partial charge in [0.25, 0.3) is 0 Å².